The van der Waals surface area contributed by atoms with Gasteiger partial charge in [-0.2, -0.15) is 0 Å². The fourth-order valence-electron chi connectivity index (χ4n) is 1.69. The molecule has 3 nitrogen and oxygen atoms in total. The van der Waals surface area contributed by atoms with Crippen LogP contribution in [0.1, 0.15) is 17.1 Å². The highest BCUT2D eigenvalue weighted by Gasteiger charge is 2.17. The van der Waals surface area contributed by atoms with E-state index in [1.54, 1.807) is 18.5 Å². The molecule has 15 heavy (non-hydrogen) atoms. The Morgan fingerprint density at radius 3 is 3.07 bits per heavy atom. The number of oxazole rings is 1. The zero-order chi connectivity index (χ0) is 10.3. The topological polar surface area (TPSA) is 38.9 Å². The van der Waals surface area contributed by atoms with Crippen LogP contribution < -0.4 is 0 Å². The van der Waals surface area contributed by atoms with E-state index in [1.807, 2.05) is 12.1 Å². The summed E-state index contributed by atoms with van der Waals surface area (Å²) in [6.07, 6.45) is 5.98. The predicted molar refractivity (Wildman–Crippen MR) is 57.3 cm³/mol. The molecule has 0 atom stereocenters. The van der Waals surface area contributed by atoms with Gasteiger partial charge in [-0.05, 0) is 17.7 Å². The summed E-state index contributed by atoms with van der Waals surface area (Å²) in [6.45, 7) is 0. The van der Waals surface area contributed by atoms with Crippen LogP contribution in [0.25, 0.3) is 11.6 Å². The molecular weight excluding hydrogens is 212 g/mol. The van der Waals surface area contributed by atoms with Gasteiger partial charge in [0.05, 0.1) is 11.9 Å². The van der Waals surface area contributed by atoms with Crippen molar-refractivity contribution in [1.82, 2.24) is 9.97 Å². The Morgan fingerprint density at radius 1 is 1.33 bits per heavy atom. The highest BCUT2D eigenvalue weighted by atomic mass is 35.5. The lowest BCUT2D eigenvalue weighted by molar-refractivity contribution is 0.541. The molecule has 2 heterocycles. The minimum Gasteiger partial charge on any atom is -0.445 e. The Morgan fingerprint density at radius 2 is 2.27 bits per heavy atom. The van der Waals surface area contributed by atoms with Gasteiger partial charge in [-0.1, -0.05) is 17.7 Å². The maximum absolute atomic E-state index is 5.82. The zero-order valence-electron chi connectivity index (χ0n) is 7.77. The van der Waals surface area contributed by atoms with Gasteiger partial charge in [0.2, 0.25) is 5.89 Å². The molecular formula is C11H7ClN2O. The lowest BCUT2D eigenvalue weighted by Gasteiger charge is -1.96. The number of aromatic nitrogens is 2. The average Bonchev–Trinajstić information content (AvgIpc) is 2.84. The van der Waals surface area contributed by atoms with E-state index in [4.69, 9.17) is 16.0 Å². The van der Waals surface area contributed by atoms with E-state index >= 15 is 0 Å². The monoisotopic (exact) mass is 218 g/mol. The molecule has 0 fully saturated rings. The fraction of sp³-hybridized carbons (Fsp3) is 0.0909. The highest BCUT2D eigenvalue weighted by Crippen LogP contribution is 2.30. The van der Waals surface area contributed by atoms with Gasteiger partial charge in [-0.15, -0.1) is 0 Å². The van der Waals surface area contributed by atoms with E-state index < -0.39 is 0 Å². The lowest BCUT2D eigenvalue weighted by atomic mass is 10.1. The molecule has 2 aromatic rings. The molecule has 0 aliphatic heterocycles. The minimum absolute atomic E-state index is 0.513. The van der Waals surface area contributed by atoms with Crippen LogP contribution in [0.4, 0.5) is 0 Å². The Balaban J connectivity index is 2.04. The Labute approximate surface area is 91.4 Å². The van der Waals surface area contributed by atoms with E-state index in [9.17, 15) is 0 Å². The normalized spacial score (nSPS) is 13.8. The fourth-order valence-corrected chi connectivity index (χ4v) is 1.85. The summed E-state index contributed by atoms with van der Waals surface area (Å²) in [6, 6.07) is 3.78. The van der Waals surface area contributed by atoms with Gasteiger partial charge in [0, 0.05) is 12.0 Å². The van der Waals surface area contributed by atoms with Gasteiger partial charge in [0.1, 0.15) is 11.4 Å². The molecule has 0 saturated heterocycles. The molecule has 4 heteroatoms. The summed E-state index contributed by atoms with van der Waals surface area (Å²) in [5, 5.41) is 0.513. The largest absolute Gasteiger partial charge is 0.445 e. The first-order chi connectivity index (χ1) is 7.33. The Hall–Kier alpha value is -1.61. The molecule has 1 aliphatic carbocycles. The van der Waals surface area contributed by atoms with Crippen molar-refractivity contribution in [3.63, 3.8) is 0 Å². The van der Waals surface area contributed by atoms with Gasteiger partial charge in [-0.3, -0.25) is 0 Å². The van der Waals surface area contributed by atoms with E-state index in [0.29, 0.717) is 11.0 Å². The molecule has 1 aliphatic rings. The van der Waals surface area contributed by atoms with Crippen LogP contribution in [0.15, 0.2) is 29.0 Å². The Kier molecular flexibility index (Phi) is 1.86. The van der Waals surface area contributed by atoms with Crippen molar-refractivity contribution in [2.75, 3.05) is 0 Å². The molecule has 0 radical (unpaired) electrons. The molecule has 0 spiro atoms. The van der Waals surface area contributed by atoms with Gasteiger partial charge >= 0.3 is 0 Å². The molecule has 0 saturated carbocycles. The van der Waals surface area contributed by atoms with Crippen LogP contribution in [0, 0.1) is 0 Å². The summed E-state index contributed by atoms with van der Waals surface area (Å²) in [7, 11) is 0. The van der Waals surface area contributed by atoms with Gasteiger partial charge in [0.25, 0.3) is 0 Å². The van der Waals surface area contributed by atoms with E-state index in [-0.39, 0.29) is 0 Å². The summed E-state index contributed by atoms with van der Waals surface area (Å²) in [5.74, 6) is 0.657. The number of pyridine rings is 1. The second-order valence-electron chi connectivity index (χ2n) is 3.36. The van der Waals surface area contributed by atoms with E-state index in [2.05, 4.69) is 9.97 Å². The molecule has 2 aromatic heterocycles. The van der Waals surface area contributed by atoms with Crippen molar-refractivity contribution in [2.45, 2.75) is 6.42 Å². The third kappa shape index (κ3) is 1.45. The van der Waals surface area contributed by atoms with Crippen molar-refractivity contribution < 1.29 is 4.42 Å². The average molecular weight is 219 g/mol. The minimum atomic E-state index is 0.513. The third-order valence-corrected chi connectivity index (χ3v) is 2.59. The summed E-state index contributed by atoms with van der Waals surface area (Å²) < 4.78 is 5.24. The number of rotatable bonds is 1. The van der Waals surface area contributed by atoms with Crippen LogP contribution in [-0.4, -0.2) is 9.97 Å². The number of halogens is 1. The number of nitrogens with zero attached hydrogens (tertiary/aromatic N) is 2. The van der Waals surface area contributed by atoms with Crippen molar-refractivity contribution in [1.29, 1.82) is 0 Å². The van der Waals surface area contributed by atoms with E-state index in [0.717, 1.165) is 23.3 Å². The number of allylic oxidation sites excluding steroid dienone is 1. The second-order valence-corrected chi connectivity index (χ2v) is 3.75. The van der Waals surface area contributed by atoms with Crippen molar-refractivity contribution in [3.8, 4) is 0 Å². The predicted octanol–water partition coefficient (Wildman–Crippen LogP) is 2.82. The standard InChI is InChI=1S/C11H7ClN2O/c12-10-2-1-7-5-8(6-9(7)14-10)11-13-3-4-15-11/h1-4,6H,5H2. The van der Waals surface area contributed by atoms with Crippen LogP contribution in [0.3, 0.4) is 0 Å². The van der Waals surface area contributed by atoms with Gasteiger partial charge < -0.3 is 4.42 Å². The molecule has 74 valence electrons. The van der Waals surface area contributed by atoms with E-state index in [1.165, 1.54) is 0 Å². The molecule has 3 rings (SSSR count). The van der Waals surface area contributed by atoms with Crippen LogP contribution in [-0.2, 0) is 6.42 Å². The molecule has 0 unspecified atom stereocenters. The smallest absolute Gasteiger partial charge is 0.222 e. The first-order valence-corrected chi connectivity index (χ1v) is 4.96. The number of hydrogen-bond donors (Lipinski definition) is 0. The first kappa shape index (κ1) is 8.68. The quantitative estimate of drug-likeness (QED) is 0.691. The summed E-state index contributed by atoms with van der Waals surface area (Å²) >= 11 is 5.82. The lowest BCUT2D eigenvalue weighted by Crippen LogP contribution is -1.87. The zero-order valence-corrected chi connectivity index (χ0v) is 8.53. The van der Waals surface area contributed by atoms with Crippen molar-refractivity contribution in [2.24, 2.45) is 0 Å². The third-order valence-electron chi connectivity index (χ3n) is 2.38. The molecule has 0 bridgehead atoms. The highest BCUT2D eigenvalue weighted by molar-refractivity contribution is 6.29. The summed E-state index contributed by atoms with van der Waals surface area (Å²) in [5.41, 5.74) is 3.12. The number of fused-ring (bicyclic) bond motifs is 1. The van der Waals surface area contributed by atoms with Crippen LogP contribution >= 0.6 is 11.6 Å². The maximum atomic E-state index is 5.82. The first-order valence-electron chi connectivity index (χ1n) is 4.59. The number of hydrogen-bond acceptors (Lipinski definition) is 3. The molecule has 0 N–H and O–H groups in total. The SMILES string of the molecule is Clc1ccc2c(n1)C=C(c1ncco1)C2. The second kappa shape index (κ2) is 3.21. The summed E-state index contributed by atoms with van der Waals surface area (Å²) in [4.78, 5) is 8.34. The van der Waals surface area contributed by atoms with Crippen LogP contribution in [0.2, 0.25) is 5.15 Å². The molecule has 0 amide bonds. The van der Waals surface area contributed by atoms with Crippen molar-refractivity contribution >= 4 is 23.3 Å². The van der Waals surface area contributed by atoms with Gasteiger partial charge in [0.15, 0.2) is 0 Å². The van der Waals surface area contributed by atoms with Gasteiger partial charge in [-0.25, -0.2) is 9.97 Å². The molecule has 0 aromatic carbocycles. The maximum Gasteiger partial charge on any atom is 0.222 e. The Bertz CT molecular complexity index is 532. The van der Waals surface area contributed by atoms with Crippen LogP contribution in [0.5, 0.6) is 0 Å². The van der Waals surface area contributed by atoms with Crippen molar-refractivity contribution in [3.05, 3.63) is 46.9 Å².